The van der Waals surface area contributed by atoms with E-state index < -0.39 is 137 Å². The standard InChI is InChI=1S/C55H93FN6O16S/c1-15-43-55(10,68)48(64)36(6)60(12)30-32(2)27-53(8,67)50(34(4)46(35(5)51(66)76-43)77-44-28-54(9,72-14)49(65)37(7)75-44)78-52-45(63)41(26-33(3)74-52)59(11)21-20-39-31-62(58-57-39)42(29-56)47(71-13)38-16-18-40(19-17-38)79(69,70)61-22-24-73-25-23-61/h16-19,31-37,41-50,52,63-65,67-68H,15,20-30H2,1-14H3/t32-,33-,34+,35-,36-,37+,41+,42-,43-,44+,45-,46+,47-,48-,49+,50-,52+,53-,54-,55?/m1/s1. The molecule has 4 fully saturated rings. The van der Waals surface area contributed by atoms with Crippen molar-refractivity contribution in [1.29, 1.82) is 0 Å². The van der Waals surface area contributed by atoms with Gasteiger partial charge in [0.2, 0.25) is 10.0 Å². The number of nitrogens with zero attached hydrogens (tertiary/aromatic N) is 6. The third-order valence-corrected chi connectivity index (χ3v) is 19.2. The number of alkyl halides is 1. The van der Waals surface area contributed by atoms with Gasteiger partial charge >= 0.3 is 5.97 Å². The summed E-state index contributed by atoms with van der Waals surface area (Å²) in [4.78, 5) is 18.5. The number of carbonyl (C=O) groups excluding carboxylic acids is 1. The third kappa shape index (κ3) is 14.9. The molecule has 452 valence electrons. The number of morpholine rings is 1. The molecule has 0 spiro atoms. The van der Waals surface area contributed by atoms with Crippen LogP contribution in [0, 0.1) is 17.8 Å². The van der Waals surface area contributed by atoms with E-state index in [-0.39, 0.29) is 43.2 Å². The van der Waals surface area contributed by atoms with E-state index in [2.05, 4.69) is 10.3 Å². The van der Waals surface area contributed by atoms with Gasteiger partial charge in [-0.1, -0.05) is 38.1 Å². The van der Waals surface area contributed by atoms with Crippen LogP contribution in [0.4, 0.5) is 4.39 Å². The summed E-state index contributed by atoms with van der Waals surface area (Å²) in [7, 11) is 2.86. The zero-order chi connectivity index (χ0) is 58.5. The van der Waals surface area contributed by atoms with Crippen molar-refractivity contribution in [2.45, 2.75) is 209 Å². The molecule has 24 heteroatoms. The fourth-order valence-corrected chi connectivity index (χ4v) is 13.7. The maximum Gasteiger partial charge on any atom is 0.311 e. The zero-order valence-electron chi connectivity index (χ0n) is 48.9. The van der Waals surface area contributed by atoms with Gasteiger partial charge in [-0.25, -0.2) is 17.5 Å². The van der Waals surface area contributed by atoms with E-state index in [0.717, 1.165) is 0 Å². The predicted molar refractivity (Wildman–Crippen MR) is 288 cm³/mol. The largest absolute Gasteiger partial charge is 0.459 e. The maximum absolute atomic E-state index is 15.0. The first kappa shape index (κ1) is 65.3. The quantitative estimate of drug-likeness (QED) is 0.143. The van der Waals surface area contributed by atoms with Crippen molar-refractivity contribution >= 4 is 16.0 Å². The highest BCUT2D eigenvalue weighted by Gasteiger charge is 2.53. The minimum Gasteiger partial charge on any atom is -0.459 e. The Labute approximate surface area is 467 Å². The number of hydrogen-bond acceptors (Lipinski definition) is 20. The monoisotopic (exact) mass is 1140 g/mol. The Hall–Kier alpha value is -2.89. The summed E-state index contributed by atoms with van der Waals surface area (Å²) in [6.45, 7) is 18.3. The van der Waals surface area contributed by atoms with Crippen LogP contribution in [0.5, 0.6) is 0 Å². The normalized spacial score (nSPS) is 39.2. The van der Waals surface area contributed by atoms with Gasteiger partial charge in [0.15, 0.2) is 12.6 Å². The lowest BCUT2D eigenvalue weighted by Gasteiger charge is -2.49. The molecule has 20 atom stereocenters. The van der Waals surface area contributed by atoms with E-state index in [4.69, 9.17) is 37.9 Å². The Morgan fingerprint density at radius 1 is 0.949 bits per heavy atom. The van der Waals surface area contributed by atoms with Gasteiger partial charge in [0.1, 0.15) is 48.8 Å². The van der Waals surface area contributed by atoms with Crippen LogP contribution in [0.2, 0.25) is 0 Å². The van der Waals surface area contributed by atoms with Gasteiger partial charge in [-0.15, -0.1) is 5.10 Å². The molecule has 4 saturated heterocycles. The van der Waals surface area contributed by atoms with E-state index in [1.165, 1.54) is 42.3 Å². The number of rotatable bonds is 17. The SMILES string of the molecule is CC[C@H]1OC(=O)[C@H](C)[C@@H](O[C@H]2C[C@@](C)(OC)[C@@H](O)[C@H](C)O2)[C@H](C)[C@@H](O[C@@H]2O[C@H](C)C[C@H](N(C)CCc3cn([C@H](CF)[C@H](OC)c4ccc(S(=O)(=O)N5CCOCC5)cc4)nn3)[C@H]2O)[C@](C)(O)C[C@@H](C)CN(C)[C@H](C)[C@@H](O)C1(C)O. The predicted octanol–water partition coefficient (Wildman–Crippen LogP) is 3.02. The van der Waals surface area contributed by atoms with Crippen molar-refractivity contribution in [2.24, 2.45) is 17.8 Å². The molecule has 0 aliphatic carbocycles. The fraction of sp³-hybridized carbons (Fsp3) is 0.836. The Balaban J connectivity index is 1.24. The third-order valence-electron chi connectivity index (χ3n) is 17.3. The smallest absolute Gasteiger partial charge is 0.311 e. The van der Waals surface area contributed by atoms with Gasteiger partial charge in [0.25, 0.3) is 0 Å². The molecule has 1 aromatic carbocycles. The first-order chi connectivity index (χ1) is 37.0. The van der Waals surface area contributed by atoms with Crippen LogP contribution < -0.4 is 0 Å². The molecule has 0 radical (unpaired) electrons. The topological polar surface area (TPSA) is 267 Å². The van der Waals surface area contributed by atoms with Crippen molar-refractivity contribution in [3.63, 3.8) is 0 Å². The molecule has 6 rings (SSSR count). The molecular formula is C55H93FN6O16S. The summed E-state index contributed by atoms with van der Waals surface area (Å²) in [6, 6.07) is 4.13. The van der Waals surface area contributed by atoms with Crippen molar-refractivity contribution in [3.8, 4) is 0 Å². The molecule has 2 aromatic rings. The molecule has 5 heterocycles. The molecule has 4 aliphatic heterocycles. The second-order valence-electron chi connectivity index (χ2n) is 23.6. The van der Waals surface area contributed by atoms with Crippen LogP contribution in [-0.4, -0.2) is 234 Å². The average Bonchev–Trinajstić information content (AvgIpc) is 3.93. The summed E-state index contributed by atoms with van der Waals surface area (Å²) in [5.41, 5.74) is -3.55. The molecule has 0 saturated carbocycles. The molecule has 0 amide bonds. The van der Waals surface area contributed by atoms with Crippen molar-refractivity contribution in [2.75, 3.05) is 74.4 Å². The van der Waals surface area contributed by atoms with Crippen LogP contribution in [-0.2, 0) is 59.1 Å². The van der Waals surface area contributed by atoms with Crippen molar-refractivity contribution in [3.05, 3.63) is 41.7 Å². The second kappa shape index (κ2) is 27.2. The highest BCUT2D eigenvalue weighted by Crippen LogP contribution is 2.41. The lowest BCUT2D eigenvalue weighted by Crippen LogP contribution is -2.61. The van der Waals surface area contributed by atoms with Gasteiger partial charge in [-0.05, 0) is 105 Å². The van der Waals surface area contributed by atoms with Crippen LogP contribution >= 0.6 is 0 Å². The summed E-state index contributed by atoms with van der Waals surface area (Å²) < 4.78 is 93.7. The molecule has 79 heavy (non-hydrogen) atoms. The molecule has 4 aliphatic rings. The Kier molecular flexibility index (Phi) is 22.5. The number of ether oxygens (including phenoxy) is 8. The molecule has 0 bridgehead atoms. The number of likely N-dealkylation sites (N-methyl/N-ethyl adjacent to an activating group) is 2. The van der Waals surface area contributed by atoms with Gasteiger partial charge in [0.05, 0.1) is 65.3 Å². The number of halogens is 1. The molecule has 1 unspecified atom stereocenters. The first-order valence-corrected chi connectivity index (χ1v) is 29.4. The second-order valence-corrected chi connectivity index (χ2v) is 25.5. The number of aromatic nitrogens is 3. The van der Waals surface area contributed by atoms with Gasteiger partial charge < -0.3 is 73.2 Å². The van der Waals surface area contributed by atoms with Crippen LogP contribution in [0.1, 0.15) is 118 Å². The summed E-state index contributed by atoms with van der Waals surface area (Å²) in [6.07, 6.45) is -8.62. The number of methoxy groups -OCH3 is 2. The number of cyclic esters (lactones) is 1. The van der Waals surface area contributed by atoms with Crippen LogP contribution in [0.15, 0.2) is 35.4 Å². The zero-order valence-corrected chi connectivity index (χ0v) is 49.7. The van der Waals surface area contributed by atoms with Crippen LogP contribution in [0.25, 0.3) is 0 Å². The van der Waals surface area contributed by atoms with Crippen LogP contribution in [0.3, 0.4) is 0 Å². The summed E-state index contributed by atoms with van der Waals surface area (Å²) in [5, 5.41) is 68.6. The van der Waals surface area contributed by atoms with Crippen molar-refractivity contribution in [1.82, 2.24) is 29.1 Å². The number of aliphatic hydroxyl groups excluding tert-OH is 3. The average molecular weight is 1150 g/mol. The molecule has 5 N–H and O–H groups in total. The van der Waals surface area contributed by atoms with E-state index in [9.17, 15) is 43.1 Å². The van der Waals surface area contributed by atoms with E-state index in [1.54, 1.807) is 66.8 Å². The number of hydrogen-bond donors (Lipinski definition) is 5. The van der Waals surface area contributed by atoms with Gasteiger partial charge in [0, 0.05) is 77.4 Å². The molecule has 1 aromatic heterocycles. The molecule has 22 nitrogen and oxygen atoms in total. The highest BCUT2D eigenvalue weighted by molar-refractivity contribution is 7.89. The molecular weight excluding hydrogens is 1050 g/mol. The van der Waals surface area contributed by atoms with Gasteiger partial charge in [-0.3, -0.25) is 4.79 Å². The van der Waals surface area contributed by atoms with E-state index in [1.807, 2.05) is 37.7 Å². The summed E-state index contributed by atoms with van der Waals surface area (Å²) in [5.74, 6) is -2.96. The lowest BCUT2D eigenvalue weighted by molar-refractivity contribution is -0.318. The number of carbonyl (C=O) groups is 1. The van der Waals surface area contributed by atoms with Crippen molar-refractivity contribution < 1.29 is 81.0 Å². The Morgan fingerprint density at radius 3 is 2.22 bits per heavy atom. The minimum atomic E-state index is -3.75. The van der Waals surface area contributed by atoms with E-state index in [0.29, 0.717) is 50.4 Å². The fourth-order valence-electron chi connectivity index (χ4n) is 12.3. The minimum absolute atomic E-state index is 0.0681. The Morgan fingerprint density at radius 2 is 1.61 bits per heavy atom. The Bertz CT molecular complexity index is 2350. The summed E-state index contributed by atoms with van der Waals surface area (Å²) >= 11 is 0. The number of benzene rings is 1. The number of esters is 1. The highest BCUT2D eigenvalue weighted by atomic mass is 32.2. The van der Waals surface area contributed by atoms with E-state index >= 15 is 0 Å². The number of sulfonamides is 1. The maximum atomic E-state index is 15.0. The lowest BCUT2D eigenvalue weighted by atomic mass is 9.77. The first-order valence-electron chi connectivity index (χ1n) is 28.0. The number of aliphatic hydroxyl groups is 5. The van der Waals surface area contributed by atoms with Gasteiger partial charge in [-0.2, -0.15) is 4.31 Å².